The maximum absolute atomic E-state index is 12.8. The molecule has 1 N–H and O–H groups in total. The van der Waals surface area contributed by atoms with Gasteiger partial charge in [-0.2, -0.15) is 0 Å². The summed E-state index contributed by atoms with van der Waals surface area (Å²) in [5, 5.41) is 0. The van der Waals surface area contributed by atoms with E-state index in [4.69, 9.17) is 4.98 Å². The second-order valence-electron chi connectivity index (χ2n) is 9.48. The van der Waals surface area contributed by atoms with Gasteiger partial charge in [0.2, 0.25) is 0 Å². The number of hydrogen-bond acceptors (Lipinski definition) is 5. The molecule has 2 atom stereocenters. The van der Waals surface area contributed by atoms with Crippen LogP contribution in [0, 0.1) is 17.3 Å². The van der Waals surface area contributed by atoms with E-state index >= 15 is 0 Å². The molecule has 2 fully saturated rings. The quantitative estimate of drug-likeness (QED) is 0.514. The number of fused-ring (bicyclic) bond motifs is 2. The molecule has 2 aliphatic heterocycles. The number of aromatic amines is 1. The number of carbonyl (C=O) groups excluding carboxylic acids is 1. The van der Waals surface area contributed by atoms with E-state index in [9.17, 15) is 9.35 Å². The summed E-state index contributed by atoms with van der Waals surface area (Å²) in [6.45, 7) is 7.67. The monoisotopic (exact) mass is 422 g/mol. The Morgan fingerprint density at radius 2 is 1.97 bits per heavy atom. The van der Waals surface area contributed by atoms with Crippen molar-refractivity contribution in [2.45, 2.75) is 20.8 Å². The number of nitrogens with one attached hydrogen (secondary N) is 1. The average Bonchev–Trinajstić information content (AvgIpc) is 3.38. The lowest BCUT2D eigenvalue weighted by molar-refractivity contribution is 0.0860. The lowest BCUT2D eigenvalue weighted by atomic mass is 9.87. The molecule has 2 aromatic heterocycles. The Hall–Kier alpha value is -2.38. The minimum absolute atomic E-state index is 0.0509. The highest BCUT2D eigenvalue weighted by molar-refractivity contribution is 7.91. The number of carbonyl (C=O) groups is 1. The Labute approximate surface area is 179 Å². The van der Waals surface area contributed by atoms with E-state index in [1.165, 1.54) is 0 Å². The van der Waals surface area contributed by atoms with Crippen molar-refractivity contribution in [2.75, 3.05) is 29.5 Å². The molecule has 4 heterocycles. The van der Waals surface area contributed by atoms with Gasteiger partial charge in [0.05, 0.1) is 17.5 Å². The molecule has 0 saturated carbocycles. The molecule has 0 bridgehead atoms. The Bertz CT molecular complexity index is 1110. The van der Waals surface area contributed by atoms with Crippen LogP contribution >= 0.6 is 0 Å². The molecule has 30 heavy (non-hydrogen) atoms. The third-order valence-corrected chi connectivity index (χ3v) is 7.79. The second kappa shape index (κ2) is 7.10. The maximum Gasteiger partial charge on any atom is 0.171 e. The van der Waals surface area contributed by atoms with Crippen LogP contribution in [0.4, 0.5) is 5.69 Å². The van der Waals surface area contributed by atoms with Gasteiger partial charge >= 0.3 is 0 Å². The van der Waals surface area contributed by atoms with Gasteiger partial charge in [0.15, 0.2) is 11.4 Å². The minimum Gasteiger partial charge on any atom is -0.616 e. The first kappa shape index (κ1) is 19.6. The van der Waals surface area contributed by atoms with Crippen LogP contribution in [0.3, 0.4) is 0 Å². The van der Waals surface area contributed by atoms with Crippen LogP contribution in [-0.4, -0.2) is 49.9 Å². The van der Waals surface area contributed by atoms with Crippen LogP contribution in [0.15, 0.2) is 36.7 Å². The number of rotatable bonds is 3. The van der Waals surface area contributed by atoms with Crippen molar-refractivity contribution in [2.24, 2.45) is 17.3 Å². The fraction of sp³-hybridized carbons (Fsp3) is 0.435. The zero-order valence-electron chi connectivity index (χ0n) is 17.5. The first-order valence-electron chi connectivity index (χ1n) is 10.4. The van der Waals surface area contributed by atoms with Gasteiger partial charge in [-0.3, -0.25) is 4.79 Å². The van der Waals surface area contributed by atoms with Gasteiger partial charge in [-0.25, -0.2) is 9.97 Å². The van der Waals surface area contributed by atoms with Crippen LogP contribution in [0.5, 0.6) is 0 Å². The zero-order valence-corrected chi connectivity index (χ0v) is 18.3. The van der Waals surface area contributed by atoms with Gasteiger partial charge < -0.3 is 14.4 Å². The van der Waals surface area contributed by atoms with Gasteiger partial charge in [0.25, 0.3) is 0 Å². The summed E-state index contributed by atoms with van der Waals surface area (Å²) < 4.78 is 11.8. The smallest absolute Gasteiger partial charge is 0.171 e. The fourth-order valence-corrected chi connectivity index (χ4v) is 6.39. The van der Waals surface area contributed by atoms with Crippen molar-refractivity contribution >= 4 is 33.8 Å². The lowest BCUT2D eigenvalue weighted by Crippen LogP contribution is -2.23. The van der Waals surface area contributed by atoms with Gasteiger partial charge in [-0.05, 0) is 12.1 Å². The summed E-state index contributed by atoms with van der Waals surface area (Å²) in [4.78, 5) is 27.6. The van der Waals surface area contributed by atoms with Crippen LogP contribution in [0.1, 0.15) is 31.1 Å². The predicted octanol–water partition coefficient (Wildman–Crippen LogP) is 3.67. The Kier molecular flexibility index (Phi) is 4.63. The molecule has 1 aromatic carbocycles. The molecule has 0 radical (unpaired) electrons. The van der Waals surface area contributed by atoms with Crippen LogP contribution in [0.2, 0.25) is 0 Å². The molecular weight excluding hydrogens is 396 g/mol. The van der Waals surface area contributed by atoms with Crippen molar-refractivity contribution in [3.05, 3.63) is 42.2 Å². The van der Waals surface area contributed by atoms with Crippen LogP contribution in [-0.2, 0) is 11.2 Å². The molecule has 2 unspecified atom stereocenters. The first-order chi connectivity index (χ1) is 14.3. The fourth-order valence-electron chi connectivity index (χ4n) is 4.54. The standard InChI is InChI=1S/C23H26N4O2S/c1-23(2,3)21(28)18-8-24-22-20(18)26-19(9-25-22)14-5-4-6-17(7-14)27-10-15-12-30(29)13-16(15)11-27/h4-9,15-16H,10-13H2,1-3H3,(H,24,25). The normalized spacial score (nSPS) is 23.9. The Morgan fingerprint density at radius 1 is 1.23 bits per heavy atom. The zero-order chi connectivity index (χ0) is 21.0. The van der Waals surface area contributed by atoms with Crippen molar-refractivity contribution in [3.63, 3.8) is 0 Å². The number of aromatic nitrogens is 3. The number of anilines is 1. The Morgan fingerprint density at radius 3 is 2.67 bits per heavy atom. The Balaban J connectivity index is 1.46. The third-order valence-electron chi connectivity index (χ3n) is 6.19. The van der Waals surface area contributed by atoms with Gasteiger partial charge in [-0.1, -0.05) is 44.1 Å². The van der Waals surface area contributed by atoms with E-state index in [0.717, 1.165) is 41.5 Å². The highest BCUT2D eigenvalue weighted by atomic mass is 32.2. The van der Waals surface area contributed by atoms with Crippen molar-refractivity contribution in [1.82, 2.24) is 15.0 Å². The third kappa shape index (κ3) is 3.40. The highest BCUT2D eigenvalue weighted by Crippen LogP contribution is 2.36. The van der Waals surface area contributed by atoms with E-state index in [1.807, 2.05) is 32.9 Å². The summed E-state index contributed by atoms with van der Waals surface area (Å²) in [7, 11) is 0. The minimum atomic E-state index is -0.635. The molecule has 0 aliphatic carbocycles. The molecule has 2 saturated heterocycles. The van der Waals surface area contributed by atoms with E-state index < -0.39 is 16.6 Å². The molecular formula is C23H26N4O2S. The number of ketones is 1. The first-order valence-corrected chi connectivity index (χ1v) is 11.9. The number of benzene rings is 1. The lowest BCUT2D eigenvalue weighted by Gasteiger charge is -2.20. The van der Waals surface area contributed by atoms with E-state index in [1.54, 1.807) is 12.4 Å². The summed E-state index contributed by atoms with van der Waals surface area (Å²) in [6.07, 6.45) is 3.47. The van der Waals surface area contributed by atoms with Gasteiger partial charge in [0, 0.05) is 47.8 Å². The topological polar surface area (TPSA) is 84.9 Å². The van der Waals surface area contributed by atoms with Crippen molar-refractivity contribution in [1.29, 1.82) is 0 Å². The van der Waals surface area contributed by atoms with Crippen LogP contribution in [0.25, 0.3) is 22.4 Å². The maximum atomic E-state index is 12.8. The summed E-state index contributed by atoms with van der Waals surface area (Å²) in [5.74, 6) is 2.80. The van der Waals surface area contributed by atoms with E-state index in [2.05, 4.69) is 27.0 Å². The molecule has 0 amide bonds. The van der Waals surface area contributed by atoms with E-state index in [-0.39, 0.29) is 5.78 Å². The van der Waals surface area contributed by atoms with Crippen molar-refractivity contribution in [3.8, 4) is 11.3 Å². The largest absolute Gasteiger partial charge is 0.616 e. The number of Topliss-reactive ketones (excluding diaryl/α,β-unsaturated/α-hetero) is 1. The number of H-pyrrole nitrogens is 1. The van der Waals surface area contributed by atoms with Crippen molar-refractivity contribution < 1.29 is 9.35 Å². The summed E-state index contributed by atoms with van der Waals surface area (Å²) in [6, 6.07) is 8.34. The number of hydrogen-bond donors (Lipinski definition) is 1. The highest BCUT2D eigenvalue weighted by Gasteiger charge is 2.43. The van der Waals surface area contributed by atoms with Crippen LogP contribution < -0.4 is 4.90 Å². The molecule has 5 rings (SSSR count). The molecule has 7 heteroatoms. The van der Waals surface area contributed by atoms with E-state index in [0.29, 0.717) is 28.6 Å². The SMILES string of the molecule is CC(C)(C)C(=O)c1c[nH]c2ncc(-c3cccc(N4CC5C[S+]([O-])CC5C4)c3)nc12. The van der Waals surface area contributed by atoms with Gasteiger partial charge in [0.1, 0.15) is 17.0 Å². The average molecular weight is 423 g/mol. The summed E-state index contributed by atoms with van der Waals surface area (Å²) in [5.41, 5.74) is 4.26. The molecule has 6 nitrogen and oxygen atoms in total. The molecule has 156 valence electrons. The summed E-state index contributed by atoms with van der Waals surface area (Å²) >= 11 is -0.635. The second-order valence-corrected chi connectivity index (χ2v) is 11.0. The van der Waals surface area contributed by atoms with Gasteiger partial charge in [-0.15, -0.1) is 0 Å². The molecule has 2 aliphatic rings. The predicted molar refractivity (Wildman–Crippen MR) is 120 cm³/mol. The molecule has 0 spiro atoms. The number of nitrogens with zero attached hydrogens (tertiary/aromatic N) is 3. The molecule has 3 aromatic rings.